The van der Waals surface area contributed by atoms with Gasteiger partial charge in [0, 0.05) is 34.6 Å². The van der Waals surface area contributed by atoms with Crippen LogP contribution in [0, 0.1) is 0 Å². The number of carbonyl (C=O) groups excluding carboxylic acids is 1. The standard InChI is InChI=1S/C21H17ClN4O/c1-3-17(24-4-2)12-25-21(27)19-10-7-15-11-23-13-18(20(15)26-19)14-5-8-16(22)9-6-14/h3-11,13H,1-2,12H2,(H,25,27). The Balaban J connectivity index is 1.94. The van der Waals surface area contributed by atoms with Gasteiger partial charge >= 0.3 is 0 Å². The zero-order valence-corrected chi connectivity index (χ0v) is 15.3. The minimum atomic E-state index is -0.297. The quantitative estimate of drug-likeness (QED) is 0.646. The largest absolute Gasteiger partial charge is 0.345 e. The summed E-state index contributed by atoms with van der Waals surface area (Å²) in [6, 6.07) is 10.9. The van der Waals surface area contributed by atoms with Gasteiger partial charge in [-0.3, -0.25) is 14.8 Å². The minimum absolute atomic E-state index is 0.245. The Morgan fingerprint density at radius 3 is 2.63 bits per heavy atom. The smallest absolute Gasteiger partial charge is 0.270 e. The summed E-state index contributed by atoms with van der Waals surface area (Å²) in [6.45, 7) is 7.44. The summed E-state index contributed by atoms with van der Waals surface area (Å²) in [6.07, 6.45) is 6.42. The van der Waals surface area contributed by atoms with Crippen molar-refractivity contribution >= 4 is 34.1 Å². The number of nitrogens with zero attached hydrogens (tertiary/aromatic N) is 3. The maximum absolute atomic E-state index is 12.5. The highest BCUT2D eigenvalue weighted by Crippen LogP contribution is 2.27. The molecule has 0 bridgehead atoms. The van der Waals surface area contributed by atoms with Crippen LogP contribution in [0.2, 0.25) is 5.02 Å². The van der Waals surface area contributed by atoms with Crippen LogP contribution in [-0.4, -0.2) is 28.1 Å². The van der Waals surface area contributed by atoms with Crippen molar-refractivity contribution in [3.8, 4) is 11.1 Å². The van der Waals surface area contributed by atoms with Gasteiger partial charge in [0.2, 0.25) is 0 Å². The molecule has 134 valence electrons. The van der Waals surface area contributed by atoms with Crippen LogP contribution < -0.4 is 5.32 Å². The molecule has 1 amide bonds. The van der Waals surface area contributed by atoms with Crippen molar-refractivity contribution in [3.05, 3.63) is 84.9 Å². The van der Waals surface area contributed by atoms with E-state index in [1.54, 1.807) is 24.5 Å². The number of hydrogen-bond acceptors (Lipinski definition) is 4. The van der Waals surface area contributed by atoms with E-state index >= 15 is 0 Å². The topological polar surface area (TPSA) is 67.2 Å². The molecule has 0 aliphatic rings. The van der Waals surface area contributed by atoms with Crippen LogP contribution in [0.3, 0.4) is 0 Å². The van der Waals surface area contributed by atoms with Gasteiger partial charge in [0.25, 0.3) is 5.91 Å². The van der Waals surface area contributed by atoms with Crippen LogP contribution in [0.5, 0.6) is 0 Å². The van der Waals surface area contributed by atoms with E-state index in [1.165, 1.54) is 6.20 Å². The van der Waals surface area contributed by atoms with Crippen LogP contribution in [0.25, 0.3) is 22.0 Å². The van der Waals surface area contributed by atoms with Gasteiger partial charge in [-0.25, -0.2) is 4.98 Å². The lowest BCUT2D eigenvalue weighted by Gasteiger charge is -2.09. The number of hydrogen-bond donors (Lipinski definition) is 1. The molecular formula is C21H17ClN4O. The second kappa shape index (κ2) is 8.38. The van der Waals surface area contributed by atoms with Crippen LogP contribution in [0.4, 0.5) is 0 Å². The molecular weight excluding hydrogens is 360 g/mol. The molecule has 6 heteroatoms. The number of aliphatic imine (C=N–C) groups is 1. The summed E-state index contributed by atoms with van der Waals surface area (Å²) in [5, 5.41) is 4.28. The molecule has 2 heterocycles. The number of fused-ring (bicyclic) bond motifs is 1. The lowest BCUT2D eigenvalue weighted by Crippen LogP contribution is -2.29. The third-order valence-electron chi connectivity index (χ3n) is 3.91. The predicted molar refractivity (Wildman–Crippen MR) is 110 cm³/mol. The highest BCUT2D eigenvalue weighted by Gasteiger charge is 2.12. The Labute approximate surface area is 162 Å². The molecule has 0 saturated carbocycles. The zero-order chi connectivity index (χ0) is 19.2. The maximum Gasteiger partial charge on any atom is 0.270 e. The number of nitrogens with one attached hydrogen (secondary N) is 1. The molecule has 0 spiro atoms. The second-order valence-corrected chi connectivity index (χ2v) is 6.09. The van der Waals surface area contributed by atoms with Crippen molar-refractivity contribution in [3.63, 3.8) is 0 Å². The van der Waals surface area contributed by atoms with Crippen molar-refractivity contribution in [2.24, 2.45) is 4.99 Å². The SMILES string of the molecule is C=CN=C(C=C)CNC(=O)c1ccc2cncc(-c3ccc(Cl)cc3)c2n1. The second-order valence-electron chi connectivity index (χ2n) is 5.65. The third kappa shape index (κ3) is 4.27. The van der Waals surface area contributed by atoms with E-state index in [4.69, 9.17) is 11.6 Å². The molecule has 2 aromatic heterocycles. The average Bonchev–Trinajstić information content (AvgIpc) is 2.70. The van der Waals surface area contributed by atoms with E-state index < -0.39 is 0 Å². The average molecular weight is 377 g/mol. The van der Waals surface area contributed by atoms with Crippen molar-refractivity contribution in [2.45, 2.75) is 0 Å². The highest BCUT2D eigenvalue weighted by molar-refractivity contribution is 6.30. The minimum Gasteiger partial charge on any atom is -0.345 e. The van der Waals surface area contributed by atoms with Crippen LogP contribution >= 0.6 is 11.6 Å². The van der Waals surface area contributed by atoms with Crippen molar-refractivity contribution < 1.29 is 4.79 Å². The Hall–Kier alpha value is -3.31. The molecule has 0 saturated heterocycles. The summed E-state index contributed by atoms with van der Waals surface area (Å²) in [4.78, 5) is 25.3. The third-order valence-corrected chi connectivity index (χ3v) is 4.16. The maximum atomic E-state index is 12.5. The fourth-order valence-corrected chi connectivity index (χ4v) is 2.69. The monoisotopic (exact) mass is 376 g/mol. The number of pyridine rings is 2. The number of amides is 1. The Morgan fingerprint density at radius 1 is 1.15 bits per heavy atom. The molecule has 1 N–H and O–H groups in total. The predicted octanol–water partition coefficient (Wildman–Crippen LogP) is 4.45. The van der Waals surface area contributed by atoms with Gasteiger partial charge in [0.15, 0.2) is 0 Å². The number of halogens is 1. The Morgan fingerprint density at radius 2 is 1.93 bits per heavy atom. The van der Waals surface area contributed by atoms with Gasteiger partial charge in [-0.2, -0.15) is 0 Å². The van der Waals surface area contributed by atoms with E-state index in [1.807, 2.05) is 30.3 Å². The van der Waals surface area contributed by atoms with Crippen molar-refractivity contribution in [1.29, 1.82) is 0 Å². The fraction of sp³-hybridized carbons (Fsp3) is 0.0476. The molecule has 3 rings (SSSR count). The van der Waals surface area contributed by atoms with Crippen LogP contribution in [0.15, 0.2) is 79.2 Å². The fourth-order valence-electron chi connectivity index (χ4n) is 2.56. The van der Waals surface area contributed by atoms with E-state index in [-0.39, 0.29) is 12.5 Å². The molecule has 0 radical (unpaired) electrons. The number of rotatable bonds is 6. The number of aromatic nitrogens is 2. The first kappa shape index (κ1) is 18.5. The van der Waals surface area contributed by atoms with Gasteiger partial charge in [-0.05, 0) is 35.9 Å². The first-order valence-electron chi connectivity index (χ1n) is 8.21. The molecule has 0 fully saturated rings. The van der Waals surface area contributed by atoms with Crippen LogP contribution in [-0.2, 0) is 0 Å². The lowest BCUT2D eigenvalue weighted by molar-refractivity contribution is 0.0955. The highest BCUT2D eigenvalue weighted by atomic mass is 35.5. The summed E-state index contributed by atoms with van der Waals surface area (Å²) < 4.78 is 0. The van der Waals surface area contributed by atoms with E-state index in [2.05, 4.69) is 33.4 Å². The van der Waals surface area contributed by atoms with Gasteiger partial charge in [-0.15, -0.1) is 0 Å². The summed E-state index contributed by atoms with van der Waals surface area (Å²) in [5.74, 6) is -0.297. The molecule has 0 unspecified atom stereocenters. The first-order valence-corrected chi connectivity index (χ1v) is 8.59. The normalized spacial score (nSPS) is 11.2. The summed E-state index contributed by atoms with van der Waals surface area (Å²) in [5.41, 5.74) is 3.38. The molecule has 0 atom stereocenters. The van der Waals surface area contributed by atoms with Gasteiger partial charge in [0.1, 0.15) is 5.69 Å². The molecule has 0 aliphatic heterocycles. The molecule has 3 aromatic rings. The summed E-state index contributed by atoms with van der Waals surface area (Å²) in [7, 11) is 0. The van der Waals surface area contributed by atoms with Gasteiger partial charge in [-0.1, -0.05) is 36.9 Å². The van der Waals surface area contributed by atoms with E-state index in [9.17, 15) is 4.79 Å². The van der Waals surface area contributed by atoms with E-state index in [0.29, 0.717) is 21.9 Å². The van der Waals surface area contributed by atoms with Crippen molar-refractivity contribution in [1.82, 2.24) is 15.3 Å². The van der Waals surface area contributed by atoms with Gasteiger partial charge < -0.3 is 5.32 Å². The zero-order valence-electron chi connectivity index (χ0n) is 14.5. The van der Waals surface area contributed by atoms with Gasteiger partial charge in [0.05, 0.1) is 17.8 Å². The van der Waals surface area contributed by atoms with Crippen LogP contribution in [0.1, 0.15) is 10.5 Å². The molecule has 1 aromatic carbocycles. The Bertz CT molecular complexity index is 1040. The number of carbonyl (C=O) groups is 1. The summed E-state index contributed by atoms with van der Waals surface area (Å²) >= 11 is 5.97. The van der Waals surface area contributed by atoms with Crippen molar-refractivity contribution in [2.75, 3.05) is 6.54 Å². The van der Waals surface area contributed by atoms with E-state index in [0.717, 1.165) is 16.5 Å². The molecule has 0 aliphatic carbocycles. The first-order chi connectivity index (χ1) is 13.1. The molecule has 5 nitrogen and oxygen atoms in total. The Kier molecular flexibility index (Phi) is 5.74. The molecule has 27 heavy (non-hydrogen) atoms. The number of benzene rings is 1. The lowest BCUT2D eigenvalue weighted by atomic mass is 10.0.